The van der Waals surface area contributed by atoms with E-state index in [-0.39, 0.29) is 38.9 Å². The largest absolute Gasteiger partial charge is 0.493 e. The van der Waals surface area contributed by atoms with Gasteiger partial charge < -0.3 is 24.4 Å². The number of aliphatic hydroxyl groups excluding tert-OH is 2. The first-order chi connectivity index (χ1) is 27.4. The molecule has 0 saturated heterocycles. The number of benzene rings is 4. The number of ether oxygens (including phenoxy) is 3. The van der Waals surface area contributed by atoms with E-state index in [4.69, 9.17) is 14.2 Å². The summed E-state index contributed by atoms with van der Waals surface area (Å²) in [5, 5.41) is 20.6. The number of halogens is 1. The van der Waals surface area contributed by atoms with Crippen molar-refractivity contribution < 1.29 is 38.4 Å². The zero-order chi connectivity index (χ0) is 41.4. The van der Waals surface area contributed by atoms with Gasteiger partial charge in [0.05, 0.1) is 33.0 Å². The van der Waals surface area contributed by atoms with E-state index in [2.05, 4.69) is 39.1 Å². The van der Waals surface area contributed by atoms with Crippen LogP contribution in [0.1, 0.15) is 82.9 Å². The minimum absolute atomic E-state index is 0.148. The lowest BCUT2D eigenvalue weighted by atomic mass is 9.81. The molecule has 0 atom stereocenters. The van der Waals surface area contributed by atoms with Crippen LogP contribution in [-0.4, -0.2) is 55.2 Å². The molecular formula is C49H59FO7. The fraction of sp³-hybridized carbons (Fsp3) is 0.388. The van der Waals surface area contributed by atoms with Crippen LogP contribution < -0.4 is 4.74 Å². The van der Waals surface area contributed by atoms with Crippen LogP contribution in [0.5, 0.6) is 5.75 Å². The van der Waals surface area contributed by atoms with Gasteiger partial charge in [-0.2, -0.15) is 0 Å². The average Bonchev–Trinajstić information content (AvgIpc) is 3.22. The molecule has 0 radical (unpaired) electrons. The molecular weight excluding hydrogens is 720 g/mol. The summed E-state index contributed by atoms with van der Waals surface area (Å²) in [6, 6.07) is 25.3. The van der Waals surface area contributed by atoms with E-state index in [0.717, 1.165) is 57.3 Å². The summed E-state index contributed by atoms with van der Waals surface area (Å²) < 4.78 is 33.2. The highest BCUT2D eigenvalue weighted by Crippen LogP contribution is 2.38. The molecule has 0 unspecified atom stereocenters. The Morgan fingerprint density at radius 3 is 1.74 bits per heavy atom. The molecule has 2 N–H and O–H groups in total. The third kappa shape index (κ3) is 12.5. The molecule has 4 aromatic carbocycles. The predicted octanol–water partition coefficient (Wildman–Crippen LogP) is 10.4. The summed E-state index contributed by atoms with van der Waals surface area (Å²) in [6.07, 6.45) is 5.77. The van der Waals surface area contributed by atoms with Crippen LogP contribution in [0.2, 0.25) is 0 Å². The third-order valence-corrected chi connectivity index (χ3v) is 10.4. The molecule has 304 valence electrons. The van der Waals surface area contributed by atoms with Crippen LogP contribution in [0.3, 0.4) is 0 Å². The summed E-state index contributed by atoms with van der Waals surface area (Å²) in [5.41, 5.74) is 7.89. The Balaban J connectivity index is 1.75. The molecule has 0 aromatic heterocycles. The first-order valence-electron chi connectivity index (χ1n) is 20.1. The van der Waals surface area contributed by atoms with Crippen LogP contribution in [0.15, 0.2) is 103 Å². The van der Waals surface area contributed by atoms with Gasteiger partial charge in [0.15, 0.2) is 0 Å². The normalized spacial score (nSPS) is 11.3. The predicted molar refractivity (Wildman–Crippen MR) is 227 cm³/mol. The second kappa shape index (κ2) is 22.0. The Morgan fingerprint density at radius 1 is 0.649 bits per heavy atom. The topological polar surface area (TPSA) is 102 Å². The number of hydrogen-bond acceptors (Lipinski definition) is 7. The van der Waals surface area contributed by atoms with Crippen molar-refractivity contribution in [3.8, 4) is 39.1 Å². The number of carbonyl (C=O) groups is 2. The number of carbonyl (C=O) groups excluding carboxylic acids is 2. The monoisotopic (exact) mass is 778 g/mol. The molecule has 0 saturated carbocycles. The van der Waals surface area contributed by atoms with E-state index in [1.165, 1.54) is 0 Å². The molecule has 0 aliphatic heterocycles. The van der Waals surface area contributed by atoms with Crippen LogP contribution in [0.25, 0.3) is 33.4 Å². The quantitative estimate of drug-likeness (QED) is 0.0439. The molecule has 0 aliphatic carbocycles. The van der Waals surface area contributed by atoms with Gasteiger partial charge in [0.2, 0.25) is 0 Å². The second-order valence-electron chi connectivity index (χ2n) is 15.0. The van der Waals surface area contributed by atoms with E-state index < -0.39 is 17.4 Å². The fourth-order valence-electron chi connectivity index (χ4n) is 6.88. The van der Waals surface area contributed by atoms with Crippen LogP contribution >= 0.6 is 0 Å². The Morgan fingerprint density at radius 2 is 1.21 bits per heavy atom. The van der Waals surface area contributed by atoms with Crippen molar-refractivity contribution in [2.45, 2.75) is 85.5 Å². The maximum absolute atomic E-state index is 15.7. The van der Waals surface area contributed by atoms with Gasteiger partial charge in [-0.15, -0.1) is 0 Å². The van der Waals surface area contributed by atoms with Crippen LogP contribution in [-0.2, 0) is 38.3 Å². The molecule has 4 rings (SSSR count). The lowest BCUT2D eigenvalue weighted by Crippen LogP contribution is -2.32. The molecule has 0 fully saturated rings. The molecule has 0 aliphatic rings. The van der Waals surface area contributed by atoms with E-state index in [1.807, 2.05) is 60.7 Å². The van der Waals surface area contributed by atoms with Gasteiger partial charge in [0.25, 0.3) is 0 Å². The van der Waals surface area contributed by atoms with E-state index in [1.54, 1.807) is 19.9 Å². The Kier molecular flexibility index (Phi) is 17.3. The molecule has 0 bridgehead atoms. The molecule has 57 heavy (non-hydrogen) atoms. The molecule has 4 aromatic rings. The molecule has 8 heteroatoms. The Bertz CT molecular complexity index is 1920. The van der Waals surface area contributed by atoms with E-state index in [9.17, 15) is 19.8 Å². The lowest BCUT2D eigenvalue weighted by molar-refractivity contribution is -0.139. The standard InChI is InChI=1S/C49H59FO7/c1-7-9-23-49(32-51,33-52)24-27-55-46-40(17-13-25-56-47(53)34(3)4)29-42(30-41(46)18-14-26-57-48(54)35(5)6)43-21-20-39(28-36(43)8-2)44-22-19-38(31-45(44)50)37-15-11-10-12-16-37/h10-12,15-16,19-22,28-31,51-52H,3,5,7-9,13-14,17-18,23-27,32-33H2,1-2,4,6H3. The maximum atomic E-state index is 15.7. The smallest absolute Gasteiger partial charge is 0.333 e. The fourth-order valence-corrected chi connectivity index (χ4v) is 6.88. The number of aliphatic hydroxyl groups is 2. The number of aryl methyl sites for hydroxylation is 3. The second-order valence-corrected chi connectivity index (χ2v) is 15.0. The molecule has 7 nitrogen and oxygen atoms in total. The summed E-state index contributed by atoms with van der Waals surface area (Å²) in [7, 11) is 0. The first-order valence-corrected chi connectivity index (χ1v) is 20.1. The third-order valence-electron chi connectivity index (χ3n) is 10.4. The highest BCUT2D eigenvalue weighted by molar-refractivity contribution is 5.87. The van der Waals surface area contributed by atoms with Crippen molar-refractivity contribution in [1.82, 2.24) is 0 Å². The van der Waals surface area contributed by atoms with E-state index >= 15 is 4.39 Å². The van der Waals surface area contributed by atoms with E-state index in [0.29, 0.717) is 67.4 Å². The van der Waals surface area contributed by atoms with Gasteiger partial charge in [0, 0.05) is 22.1 Å². The van der Waals surface area contributed by atoms with Crippen molar-refractivity contribution in [2.75, 3.05) is 33.0 Å². The number of esters is 2. The van der Waals surface area contributed by atoms with Gasteiger partial charge >= 0.3 is 11.9 Å². The summed E-state index contributed by atoms with van der Waals surface area (Å²) in [6.45, 7) is 15.1. The molecule has 0 heterocycles. The minimum Gasteiger partial charge on any atom is -0.493 e. The summed E-state index contributed by atoms with van der Waals surface area (Å²) in [5.74, 6) is -0.495. The summed E-state index contributed by atoms with van der Waals surface area (Å²) in [4.78, 5) is 24.3. The number of rotatable bonds is 23. The highest BCUT2D eigenvalue weighted by atomic mass is 19.1. The zero-order valence-electron chi connectivity index (χ0n) is 34.1. The van der Waals surface area contributed by atoms with Crippen molar-refractivity contribution in [1.29, 1.82) is 0 Å². The van der Waals surface area contributed by atoms with Gasteiger partial charge in [-0.3, -0.25) is 0 Å². The average molecular weight is 779 g/mol. The minimum atomic E-state index is -0.664. The molecule has 0 spiro atoms. The van der Waals surface area contributed by atoms with Crippen molar-refractivity contribution in [3.63, 3.8) is 0 Å². The van der Waals surface area contributed by atoms with Crippen molar-refractivity contribution >= 4 is 11.9 Å². The summed E-state index contributed by atoms with van der Waals surface area (Å²) >= 11 is 0. The Labute approximate surface area is 338 Å². The number of unbranched alkanes of at least 4 members (excludes halogenated alkanes) is 1. The SMILES string of the molecule is C=C(C)C(=O)OCCCc1cc(-c2ccc(-c3ccc(-c4ccccc4)cc3F)cc2CC)cc(CCCOC(=O)C(=C)C)c1OCCC(CO)(CO)CCCC. The zero-order valence-corrected chi connectivity index (χ0v) is 34.1. The Hall–Kier alpha value is -5.05. The van der Waals surface area contributed by atoms with Crippen LogP contribution in [0, 0.1) is 11.2 Å². The highest BCUT2D eigenvalue weighted by Gasteiger charge is 2.28. The maximum Gasteiger partial charge on any atom is 0.333 e. The molecule has 0 amide bonds. The van der Waals surface area contributed by atoms with Crippen molar-refractivity contribution in [2.24, 2.45) is 5.41 Å². The van der Waals surface area contributed by atoms with Gasteiger partial charge in [0.1, 0.15) is 11.6 Å². The van der Waals surface area contributed by atoms with Gasteiger partial charge in [-0.25, -0.2) is 14.0 Å². The van der Waals surface area contributed by atoms with Gasteiger partial charge in [-0.05, 0) is 121 Å². The van der Waals surface area contributed by atoms with Crippen LogP contribution in [0.4, 0.5) is 4.39 Å². The van der Waals surface area contributed by atoms with Crippen molar-refractivity contribution in [3.05, 3.63) is 126 Å². The van der Waals surface area contributed by atoms with Gasteiger partial charge in [-0.1, -0.05) is 101 Å². The first kappa shape index (κ1) is 44.7. The number of hydrogen-bond donors (Lipinski definition) is 2. The lowest BCUT2D eigenvalue weighted by Gasteiger charge is -2.30.